The van der Waals surface area contributed by atoms with Crippen LogP contribution in [-0.4, -0.2) is 46.9 Å². The predicted molar refractivity (Wildman–Crippen MR) is 58.1 cm³/mol. The molecular formula is C11H12FNO5. The summed E-state index contributed by atoms with van der Waals surface area (Å²) in [5, 5.41) is 18.2. The number of carboxylic acid groups (broad SMARTS) is 1. The number of nitrogens with zero attached hydrogens (tertiary/aromatic N) is 1. The Bertz CT molecular complexity index is 451. The Labute approximate surface area is 102 Å². The highest BCUT2D eigenvalue weighted by Crippen LogP contribution is 2.09. The molecule has 0 aliphatic carbocycles. The summed E-state index contributed by atoms with van der Waals surface area (Å²) < 4.78 is 13.2. The number of benzene rings is 1. The monoisotopic (exact) mass is 257 g/mol. The van der Waals surface area contributed by atoms with Crippen LogP contribution in [0.2, 0.25) is 0 Å². The number of carbonyl (C=O) groups is 2. The van der Waals surface area contributed by atoms with Crippen molar-refractivity contribution in [2.24, 2.45) is 0 Å². The Balaban J connectivity index is 2.76. The third kappa shape index (κ3) is 3.25. The van der Waals surface area contributed by atoms with Crippen LogP contribution in [0.1, 0.15) is 10.4 Å². The van der Waals surface area contributed by atoms with Crippen LogP contribution in [0.5, 0.6) is 0 Å². The maximum atomic E-state index is 13.2. The topological polar surface area (TPSA) is 87.1 Å². The number of hydrogen-bond acceptors (Lipinski definition) is 5. The lowest BCUT2D eigenvalue weighted by molar-refractivity contribution is -0.168. The SMILES string of the molecule is CN(OC(=O)c1ccccc1F)[C@@H](CO)C(=O)O. The Hall–Kier alpha value is -1.99. The first kappa shape index (κ1) is 14.1. The van der Waals surface area contributed by atoms with E-state index in [1.54, 1.807) is 0 Å². The maximum absolute atomic E-state index is 13.2. The van der Waals surface area contributed by atoms with E-state index in [4.69, 9.17) is 10.2 Å². The number of hydrogen-bond donors (Lipinski definition) is 2. The molecule has 0 unspecified atom stereocenters. The van der Waals surface area contributed by atoms with Crippen molar-refractivity contribution in [1.29, 1.82) is 0 Å². The maximum Gasteiger partial charge on any atom is 0.360 e. The first-order valence-electron chi connectivity index (χ1n) is 5.00. The average Bonchev–Trinajstić information content (AvgIpc) is 2.29. The van der Waals surface area contributed by atoms with Crippen molar-refractivity contribution in [3.63, 3.8) is 0 Å². The highest BCUT2D eigenvalue weighted by molar-refractivity contribution is 5.89. The minimum absolute atomic E-state index is 0.313. The Morgan fingerprint density at radius 2 is 2.06 bits per heavy atom. The molecule has 1 atom stereocenters. The van der Waals surface area contributed by atoms with Crippen LogP contribution in [0.25, 0.3) is 0 Å². The van der Waals surface area contributed by atoms with E-state index in [9.17, 15) is 14.0 Å². The fraction of sp³-hybridized carbons (Fsp3) is 0.273. The highest BCUT2D eigenvalue weighted by atomic mass is 19.1. The van der Waals surface area contributed by atoms with E-state index in [0.29, 0.717) is 5.06 Å². The molecule has 0 amide bonds. The van der Waals surface area contributed by atoms with Gasteiger partial charge in [0.15, 0.2) is 6.04 Å². The number of carbonyl (C=O) groups excluding carboxylic acids is 1. The summed E-state index contributed by atoms with van der Waals surface area (Å²) in [6, 6.07) is 3.74. The molecule has 0 bridgehead atoms. The molecule has 98 valence electrons. The van der Waals surface area contributed by atoms with Crippen LogP contribution in [-0.2, 0) is 9.63 Å². The van der Waals surface area contributed by atoms with Gasteiger partial charge in [0.05, 0.1) is 12.2 Å². The van der Waals surface area contributed by atoms with Gasteiger partial charge in [-0.15, -0.1) is 5.06 Å². The minimum atomic E-state index is -1.40. The van der Waals surface area contributed by atoms with Gasteiger partial charge in [-0.25, -0.2) is 9.18 Å². The molecule has 0 saturated heterocycles. The first-order chi connectivity index (χ1) is 8.47. The van der Waals surface area contributed by atoms with Gasteiger partial charge in [-0.3, -0.25) is 4.79 Å². The Morgan fingerprint density at radius 1 is 1.44 bits per heavy atom. The summed E-state index contributed by atoms with van der Waals surface area (Å²) in [5.41, 5.74) is -0.313. The zero-order valence-corrected chi connectivity index (χ0v) is 9.54. The van der Waals surface area contributed by atoms with Crippen LogP contribution in [0.3, 0.4) is 0 Å². The molecule has 0 saturated carbocycles. The quantitative estimate of drug-likeness (QED) is 0.736. The summed E-state index contributed by atoms with van der Waals surface area (Å²) >= 11 is 0. The molecule has 18 heavy (non-hydrogen) atoms. The van der Waals surface area contributed by atoms with Crippen molar-refractivity contribution in [1.82, 2.24) is 5.06 Å². The van der Waals surface area contributed by atoms with Crippen molar-refractivity contribution in [3.05, 3.63) is 35.6 Å². The third-order valence-electron chi connectivity index (χ3n) is 2.22. The number of aliphatic hydroxyl groups is 1. The van der Waals surface area contributed by atoms with E-state index in [-0.39, 0.29) is 5.56 Å². The second kappa shape index (κ2) is 6.08. The minimum Gasteiger partial charge on any atom is -0.480 e. The van der Waals surface area contributed by atoms with Gasteiger partial charge in [0.2, 0.25) is 0 Å². The fourth-order valence-corrected chi connectivity index (χ4v) is 1.22. The number of carboxylic acids is 1. The zero-order valence-electron chi connectivity index (χ0n) is 9.54. The standard InChI is InChI=1S/C11H12FNO5/c1-13(9(6-14)10(15)16)18-11(17)7-4-2-3-5-8(7)12/h2-5,9,14H,6H2,1H3,(H,15,16)/t9-/m0/s1. The van der Waals surface area contributed by atoms with Crippen LogP contribution in [0.4, 0.5) is 4.39 Å². The number of rotatable bonds is 5. The van der Waals surface area contributed by atoms with E-state index in [2.05, 4.69) is 4.84 Å². The highest BCUT2D eigenvalue weighted by Gasteiger charge is 2.26. The van der Waals surface area contributed by atoms with E-state index in [0.717, 1.165) is 13.1 Å². The molecule has 6 nitrogen and oxygen atoms in total. The van der Waals surface area contributed by atoms with E-state index in [1.807, 2.05) is 0 Å². The van der Waals surface area contributed by atoms with Gasteiger partial charge in [-0.1, -0.05) is 12.1 Å². The average molecular weight is 257 g/mol. The number of likely N-dealkylation sites (N-methyl/N-ethyl adjacent to an activating group) is 1. The van der Waals surface area contributed by atoms with Crippen LogP contribution < -0.4 is 0 Å². The second-order valence-electron chi connectivity index (χ2n) is 3.44. The number of aliphatic carboxylic acids is 1. The molecule has 0 heterocycles. The zero-order chi connectivity index (χ0) is 13.7. The number of aliphatic hydroxyl groups excluding tert-OH is 1. The van der Waals surface area contributed by atoms with Gasteiger partial charge in [0.25, 0.3) is 0 Å². The summed E-state index contributed by atoms with van der Waals surface area (Å²) in [4.78, 5) is 26.9. The third-order valence-corrected chi connectivity index (χ3v) is 2.22. The largest absolute Gasteiger partial charge is 0.480 e. The number of hydroxylamine groups is 2. The van der Waals surface area contributed by atoms with Crippen LogP contribution in [0.15, 0.2) is 24.3 Å². The second-order valence-corrected chi connectivity index (χ2v) is 3.44. The van der Waals surface area contributed by atoms with Gasteiger partial charge in [-0.05, 0) is 12.1 Å². The smallest absolute Gasteiger partial charge is 0.360 e. The van der Waals surface area contributed by atoms with Gasteiger partial charge in [-0.2, -0.15) is 0 Å². The molecule has 1 aromatic carbocycles. The Kier molecular flexibility index (Phi) is 4.75. The lowest BCUT2D eigenvalue weighted by atomic mass is 10.2. The predicted octanol–water partition coefficient (Wildman–Crippen LogP) is 0.275. The molecule has 2 N–H and O–H groups in total. The van der Waals surface area contributed by atoms with Crippen LogP contribution in [0, 0.1) is 5.82 Å². The van der Waals surface area contributed by atoms with E-state index in [1.165, 1.54) is 18.2 Å². The molecule has 1 rings (SSSR count). The molecule has 0 fully saturated rings. The lowest BCUT2D eigenvalue weighted by Gasteiger charge is -2.21. The molecule has 0 radical (unpaired) electrons. The molecule has 0 aliphatic rings. The molecule has 0 aliphatic heterocycles. The molecular weight excluding hydrogens is 245 g/mol. The van der Waals surface area contributed by atoms with Gasteiger partial charge in [0, 0.05) is 7.05 Å². The summed E-state index contributed by atoms with van der Waals surface area (Å²) in [5.74, 6) is -3.16. The summed E-state index contributed by atoms with van der Waals surface area (Å²) in [6.45, 7) is -0.740. The van der Waals surface area contributed by atoms with E-state index >= 15 is 0 Å². The fourth-order valence-electron chi connectivity index (χ4n) is 1.22. The summed E-state index contributed by atoms with van der Waals surface area (Å²) in [6.07, 6.45) is 0. The summed E-state index contributed by atoms with van der Waals surface area (Å²) in [7, 11) is 1.16. The van der Waals surface area contributed by atoms with Gasteiger partial charge >= 0.3 is 11.9 Å². The first-order valence-corrected chi connectivity index (χ1v) is 5.00. The van der Waals surface area contributed by atoms with Crippen molar-refractivity contribution in [2.45, 2.75) is 6.04 Å². The van der Waals surface area contributed by atoms with Gasteiger partial charge < -0.3 is 15.1 Å². The van der Waals surface area contributed by atoms with Crippen molar-refractivity contribution >= 4 is 11.9 Å². The van der Waals surface area contributed by atoms with Gasteiger partial charge in [0.1, 0.15) is 5.82 Å². The van der Waals surface area contributed by atoms with E-state index < -0.39 is 30.4 Å². The van der Waals surface area contributed by atoms with Crippen LogP contribution >= 0.6 is 0 Å². The number of halogens is 1. The van der Waals surface area contributed by atoms with Crippen molar-refractivity contribution in [2.75, 3.05) is 13.7 Å². The molecule has 0 spiro atoms. The van der Waals surface area contributed by atoms with Crippen molar-refractivity contribution in [3.8, 4) is 0 Å². The Morgan fingerprint density at radius 3 is 2.56 bits per heavy atom. The lowest BCUT2D eigenvalue weighted by Crippen LogP contribution is -2.42. The van der Waals surface area contributed by atoms with Crippen molar-refractivity contribution < 1.29 is 29.0 Å². The normalized spacial score (nSPS) is 12.2. The molecule has 1 aromatic rings. The molecule has 7 heteroatoms. The molecule has 0 aromatic heterocycles.